The third-order valence-corrected chi connectivity index (χ3v) is 4.62. The van der Waals surface area contributed by atoms with E-state index in [1.165, 1.54) is 49.2 Å². The van der Waals surface area contributed by atoms with Gasteiger partial charge in [0.15, 0.2) is 0 Å². The van der Waals surface area contributed by atoms with Gasteiger partial charge in [-0.3, -0.25) is 0 Å². The maximum absolute atomic E-state index is 4.66. The number of anilines is 2. The van der Waals surface area contributed by atoms with Crippen LogP contribution in [0, 0.1) is 0 Å². The Morgan fingerprint density at radius 1 is 1.29 bits per heavy atom. The summed E-state index contributed by atoms with van der Waals surface area (Å²) in [4.78, 5) is 8.87. The van der Waals surface area contributed by atoms with Gasteiger partial charge in [0.1, 0.15) is 11.6 Å². The van der Waals surface area contributed by atoms with Crippen molar-refractivity contribution in [1.82, 2.24) is 14.3 Å². The van der Waals surface area contributed by atoms with Crippen LogP contribution in [0.2, 0.25) is 0 Å². The van der Waals surface area contributed by atoms with E-state index in [0.29, 0.717) is 5.92 Å². The molecule has 112 valence electrons. The molecule has 0 unspecified atom stereocenters. The minimum Gasteiger partial charge on any atom is -0.373 e. The molecule has 0 bridgehead atoms. The van der Waals surface area contributed by atoms with Crippen LogP contribution in [0.25, 0.3) is 0 Å². The van der Waals surface area contributed by atoms with Gasteiger partial charge >= 0.3 is 0 Å². The first-order valence-corrected chi connectivity index (χ1v) is 8.32. The van der Waals surface area contributed by atoms with Crippen molar-refractivity contribution < 1.29 is 0 Å². The number of aromatic nitrogens is 3. The van der Waals surface area contributed by atoms with Crippen LogP contribution in [-0.2, 0) is 6.54 Å². The maximum Gasteiger partial charge on any atom is 0.202 e. The summed E-state index contributed by atoms with van der Waals surface area (Å²) in [6, 6.07) is 4.05. The SMILES string of the molecule is CNc1cc(CNc2nc(C3CCCCC3)ns2)ccn1. The van der Waals surface area contributed by atoms with Crippen molar-refractivity contribution in [3.05, 3.63) is 29.7 Å². The fourth-order valence-corrected chi connectivity index (χ4v) is 3.37. The Morgan fingerprint density at radius 2 is 2.14 bits per heavy atom. The molecular weight excluding hydrogens is 282 g/mol. The molecule has 3 rings (SSSR count). The summed E-state index contributed by atoms with van der Waals surface area (Å²) >= 11 is 1.47. The second kappa shape index (κ2) is 6.85. The van der Waals surface area contributed by atoms with Crippen molar-refractivity contribution >= 4 is 22.5 Å². The molecule has 1 fully saturated rings. The highest BCUT2D eigenvalue weighted by Crippen LogP contribution is 2.32. The quantitative estimate of drug-likeness (QED) is 0.883. The largest absolute Gasteiger partial charge is 0.373 e. The summed E-state index contributed by atoms with van der Waals surface area (Å²) in [6.45, 7) is 0.747. The number of pyridine rings is 1. The molecule has 1 saturated carbocycles. The average molecular weight is 303 g/mol. The Morgan fingerprint density at radius 3 is 2.95 bits per heavy atom. The van der Waals surface area contributed by atoms with Gasteiger partial charge in [0.05, 0.1) is 0 Å². The first-order valence-electron chi connectivity index (χ1n) is 7.55. The van der Waals surface area contributed by atoms with Gasteiger partial charge in [0.2, 0.25) is 5.13 Å². The minimum absolute atomic E-state index is 0.572. The fourth-order valence-electron chi connectivity index (χ4n) is 2.73. The second-order valence-electron chi connectivity index (χ2n) is 5.45. The molecule has 0 aromatic carbocycles. The van der Waals surface area contributed by atoms with Crippen molar-refractivity contribution in [3.63, 3.8) is 0 Å². The highest BCUT2D eigenvalue weighted by Gasteiger charge is 2.19. The summed E-state index contributed by atoms with van der Waals surface area (Å²) in [7, 11) is 1.88. The van der Waals surface area contributed by atoms with E-state index in [1.54, 1.807) is 0 Å². The van der Waals surface area contributed by atoms with Crippen LogP contribution in [0.15, 0.2) is 18.3 Å². The molecule has 6 heteroatoms. The molecule has 21 heavy (non-hydrogen) atoms. The van der Waals surface area contributed by atoms with E-state index in [9.17, 15) is 0 Å². The number of nitrogens with one attached hydrogen (secondary N) is 2. The Balaban J connectivity index is 1.59. The third-order valence-electron chi connectivity index (χ3n) is 3.94. The zero-order chi connectivity index (χ0) is 14.5. The highest BCUT2D eigenvalue weighted by molar-refractivity contribution is 7.09. The Labute approximate surface area is 129 Å². The Bertz CT molecular complexity index is 577. The average Bonchev–Trinajstić information content (AvgIpc) is 3.03. The molecule has 0 aliphatic heterocycles. The lowest BCUT2D eigenvalue weighted by Gasteiger charge is -2.18. The van der Waals surface area contributed by atoms with Crippen molar-refractivity contribution in [1.29, 1.82) is 0 Å². The van der Waals surface area contributed by atoms with E-state index in [4.69, 9.17) is 0 Å². The monoisotopic (exact) mass is 303 g/mol. The van der Waals surface area contributed by atoms with Crippen molar-refractivity contribution in [3.8, 4) is 0 Å². The van der Waals surface area contributed by atoms with E-state index in [-0.39, 0.29) is 0 Å². The molecule has 0 radical (unpaired) electrons. The van der Waals surface area contributed by atoms with Crippen LogP contribution >= 0.6 is 11.5 Å². The van der Waals surface area contributed by atoms with E-state index < -0.39 is 0 Å². The summed E-state index contributed by atoms with van der Waals surface area (Å²) < 4.78 is 4.53. The number of nitrogens with zero attached hydrogens (tertiary/aromatic N) is 3. The van der Waals surface area contributed by atoms with Crippen molar-refractivity contribution in [2.45, 2.75) is 44.6 Å². The molecule has 5 nitrogen and oxygen atoms in total. The predicted molar refractivity (Wildman–Crippen MR) is 86.8 cm³/mol. The standard InChI is InChI=1S/C15H21N5S/c1-16-13-9-11(7-8-17-13)10-18-15-19-14(20-21-15)12-5-3-2-4-6-12/h7-9,12H,2-6,10H2,1H3,(H,16,17)(H,18,19,20). The van der Waals surface area contributed by atoms with E-state index in [0.717, 1.165) is 23.3 Å². The van der Waals surface area contributed by atoms with Gasteiger partial charge < -0.3 is 10.6 Å². The zero-order valence-corrected chi connectivity index (χ0v) is 13.1. The molecule has 1 aliphatic carbocycles. The van der Waals surface area contributed by atoms with Crippen LogP contribution in [0.3, 0.4) is 0 Å². The lowest BCUT2D eigenvalue weighted by atomic mass is 9.89. The lowest BCUT2D eigenvalue weighted by Crippen LogP contribution is -2.06. The first-order chi connectivity index (χ1) is 10.3. The zero-order valence-electron chi connectivity index (χ0n) is 12.3. The fraction of sp³-hybridized carbons (Fsp3) is 0.533. The number of hydrogen-bond donors (Lipinski definition) is 2. The van der Waals surface area contributed by atoms with Gasteiger partial charge in [0.25, 0.3) is 0 Å². The molecule has 2 aromatic heterocycles. The Hall–Kier alpha value is -1.69. The molecule has 2 N–H and O–H groups in total. The molecule has 2 aromatic rings. The van der Waals surface area contributed by atoms with Crippen LogP contribution in [0.5, 0.6) is 0 Å². The first kappa shape index (κ1) is 14.3. The van der Waals surface area contributed by atoms with Gasteiger partial charge in [-0.05, 0) is 30.5 Å². The maximum atomic E-state index is 4.66. The van der Waals surface area contributed by atoms with Gasteiger partial charge in [-0.25, -0.2) is 9.97 Å². The predicted octanol–water partition coefficient (Wildman–Crippen LogP) is 3.63. The molecule has 0 amide bonds. The van der Waals surface area contributed by atoms with Gasteiger partial charge in [-0.2, -0.15) is 4.37 Å². The summed E-state index contributed by atoms with van der Waals surface area (Å²) in [5.74, 6) is 2.49. The third kappa shape index (κ3) is 3.69. The van der Waals surface area contributed by atoms with Crippen LogP contribution < -0.4 is 10.6 Å². The van der Waals surface area contributed by atoms with E-state index in [2.05, 4.69) is 25.0 Å². The van der Waals surface area contributed by atoms with E-state index >= 15 is 0 Å². The molecule has 0 saturated heterocycles. The highest BCUT2D eigenvalue weighted by atomic mass is 32.1. The van der Waals surface area contributed by atoms with Crippen molar-refractivity contribution in [2.75, 3.05) is 17.7 Å². The summed E-state index contributed by atoms with van der Waals surface area (Å²) in [6.07, 6.45) is 8.29. The molecule has 0 atom stereocenters. The molecule has 2 heterocycles. The molecule has 1 aliphatic rings. The van der Waals surface area contributed by atoms with Gasteiger partial charge in [-0.1, -0.05) is 19.3 Å². The Kier molecular flexibility index (Phi) is 4.65. The van der Waals surface area contributed by atoms with E-state index in [1.807, 2.05) is 25.4 Å². The smallest absolute Gasteiger partial charge is 0.202 e. The van der Waals surface area contributed by atoms with Crippen LogP contribution in [-0.4, -0.2) is 21.4 Å². The molecule has 0 spiro atoms. The van der Waals surface area contributed by atoms with Crippen LogP contribution in [0.1, 0.15) is 49.4 Å². The van der Waals surface area contributed by atoms with Crippen molar-refractivity contribution in [2.24, 2.45) is 0 Å². The summed E-state index contributed by atoms with van der Waals surface area (Å²) in [5, 5.41) is 7.32. The van der Waals surface area contributed by atoms with Gasteiger partial charge in [0, 0.05) is 37.2 Å². The summed E-state index contributed by atoms with van der Waals surface area (Å²) in [5.41, 5.74) is 1.18. The number of rotatable bonds is 5. The van der Waals surface area contributed by atoms with Crippen LogP contribution in [0.4, 0.5) is 10.9 Å². The number of hydrogen-bond acceptors (Lipinski definition) is 6. The normalized spacial score (nSPS) is 15.9. The van der Waals surface area contributed by atoms with Gasteiger partial charge in [-0.15, -0.1) is 0 Å². The minimum atomic E-state index is 0.572. The second-order valence-corrected chi connectivity index (χ2v) is 6.20. The molecular formula is C15H21N5S. The lowest BCUT2D eigenvalue weighted by molar-refractivity contribution is 0.432. The topological polar surface area (TPSA) is 62.7 Å².